The molecule has 0 bridgehead atoms. The third-order valence-corrected chi connectivity index (χ3v) is 2.40. The molecule has 0 saturated heterocycles. The highest BCUT2D eigenvalue weighted by Gasteiger charge is 2.08. The van der Waals surface area contributed by atoms with Crippen LogP contribution in [0.4, 0.5) is 0 Å². The van der Waals surface area contributed by atoms with E-state index in [9.17, 15) is 0 Å². The smallest absolute Gasteiger partial charge is 0.158 e. The molecule has 0 aliphatic heterocycles. The Labute approximate surface area is 71.1 Å². The van der Waals surface area contributed by atoms with Gasteiger partial charge in [0, 0.05) is 25.1 Å². The summed E-state index contributed by atoms with van der Waals surface area (Å²) in [6.45, 7) is 4.16. The highest BCUT2D eigenvalue weighted by Crippen LogP contribution is 2.18. The molecule has 2 aromatic heterocycles. The van der Waals surface area contributed by atoms with Gasteiger partial charge in [0.15, 0.2) is 5.65 Å². The Kier molecular flexibility index (Phi) is 1.40. The monoisotopic (exact) mass is 161 g/mol. The van der Waals surface area contributed by atoms with Gasteiger partial charge in [0.25, 0.3) is 0 Å². The van der Waals surface area contributed by atoms with Gasteiger partial charge in [0.2, 0.25) is 0 Å². The maximum absolute atomic E-state index is 4.28. The van der Waals surface area contributed by atoms with Crippen molar-refractivity contribution < 1.29 is 0 Å². The van der Waals surface area contributed by atoms with Crippen LogP contribution in [0.3, 0.4) is 0 Å². The summed E-state index contributed by atoms with van der Waals surface area (Å²) in [5.41, 5.74) is 4.43. The lowest BCUT2D eigenvalue weighted by Gasteiger charge is -1.95. The lowest BCUT2D eigenvalue weighted by Crippen LogP contribution is -1.91. The molecule has 0 saturated carbocycles. The van der Waals surface area contributed by atoms with E-state index in [4.69, 9.17) is 0 Å². The van der Waals surface area contributed by atoms with Crippen LogP contribution in [0.15, 0.2) is 12.4 Å². The minimum Gasteiger partial charge on any atom is -0.331 e. The average Bonchev–Trinajstić information content (AvgIpc) is 2.33. The molecule has 0 aromatic carbocycles. The minimum absolute atomic E-state index is 0.965. The Balaban J connectivity index is 2.99. The Morgan fingerprint density at radius 3 is 2.50 bits per heavy atom. The van der Waals surface area contributed by atoms with Crippen LogP contribution >= 0.6 is 0 Å². The van der Waals surface area contributed by atoms with Crippen LogP contribution in [-0.4, -0.2) is 14.5 Å². The van der Waals surface area contributed by atoms with Crippen molar-refractivity contribution in [3.63, 3.8) is 0 Å². The molecule has 0 N–H and O–H groups in total. The van der Waals surface area contributed by atoms with E-state index in [-0.39, 0.29) is 0 Å². The van der Waals surface area contributed by atoms with Gasteiger partial charge in [-0.2, -0.15) is 0 Å². The molecule has 0 spiro atoms. The van der Waals surface area contributed by atoms with Crippen LogP contribution in [-0.2, 0) is 7.05 Å². The van der Waals surface area contributed by atoms with E-state index in [0.717, 1.165) is 11.2 Å². The molecule has 2 aromatic rings. The maximum Gasteiger partial charge on any atom is 0.158 e. The van der Waals surface area contributed by atoms with Gasteiger partial charge in [-0.3, -0.25) is 4.98 Å². The Morgan fingerprint density at radius 2 is 1.83 bits per heavy atom. The molecule has 12 heavy (non-hydrogen) atoms. The number of aromatic nitrogens is 3. The summed E-state index contributed by atoms with van der Waals surface area (Å²) in [4.78, 5) is 8.54. The summed E-state index contributed by atoms with van der Waals surface area (Å²) in [6.07, 6.45) is 3.45. The quantitative estimate of drug-likeness (QED) is 0.587. The first-order chi connectivity index (χ1) is 5.72. The number of hydrogen-bond donors (Lipinski definition) is 0. The highest BCUT2D eigenvalue weighted by atomic mass is 15.0. The first-order valence-electron chi connectivity index (χ1n) is 3.94. The molecular weight excluding hydrogens is 150 g/mol. The van der Waals surface area contributed by atoms with Crippen LogP contribution in [0.25, 0.3) is 11.2 Å². The number of nitrogens with zero attached hydrogens (tertiary/aromatic N) is 3. The van der Waals surface area contributed by atoms with Crippen molar-refractivity contribution in [3.8, 4) is 0 Å². The zero-order chi connectivity index (χ0) is 8.72. The van der Waals surface area contributed by atoms with Crippen molar-refractivity contribution in [1.82, 2.24) is 14.5 Å². The summed E-state index contributed by atoms with van der Waals surface area (Å²) < 4.78 is 2.07. The lowest BCUT2D eigenvalue weighted by atomic mass is 10.3. The van der Waals surface area contributed by atoms with E-state index >= 15 is 0 Å². The Morgan fingerprint density at radius 1 is 1.17 bits per heavy atom. The van der Waals surface area contributed by atoms with Gasteiger partial charge >= 0.3 is 0 Å². The molecule has 3 nitrogen and oxygen atoms in total. The van der Waals surface area contributed by atoms with Crippen LogP contribution in [0.2, 0.25) is 0 Å². The fourth-order valence-electron chi connectivity index (χ4n) is 1.42. The minimum atomic E-state index is 0.965. The van der Waals surface area contributed by atoms with Gasteiger partial charge in [-0.05, 0) is 19.4 Å². The zero-order valence-electron chi connectivity index (χ0n) is 7.50. The second-order valence-corrected chi connectivity index (χ2v) is 3.00. The van der Waals surface area contributed by atoms with E-state index < -0.39 is 0 Å². The third-order valence-electron chi connectivity index (χ3n) is 2.40. The fourth-order valence-corrected chi connectivity index (χ4v) is 1.42. The van der Waals surface area contributed by atoms with Gasteiger partial charge in [-0.25, -0.2) is 4.98 Å². The van der Waals surface area contributed by atoms with Crippen molar-refractivity contribution in [2.75, 3.05) is 0 Å². The summed E-state index contributed by atoms with van der Waals surface area (Å²) in [5.74, 6) is 0. The molecule has 3 heteroatoms. The van der Waals surface area contributed by atoms with Crippen LogP contribution in [0.1, 0.15) is 11.3 Å². The van der Waals surface area contributed by atoms with Gasteiger partial charge < -0.3 is 4.57 Å². The van der Waals surface area contributed by atoms with Gasteiger partial charge in [0.1, 0.15) is 5.52 Å². The fraction of sp³-hybridized carbons (Fsp3) is 0.333. The van der Waals surface area contributed by atoms with E-state index in [0.29, 0.717) is 0 Å². The maximum atomic E-state index is 4.28. The van der Waals surface area contributed by atoms with E-state index in [2.05, 4.69) is 28.4 Å². The van der Waals surface area contributed by atoms with Crippen LogP contribution in [0, 0.1) is 13.8 Å². The second kappa shape index (κ2) is 2.30. The van der Waals surface area contributed by atoms with Gasteiger partial charge in [-0.15, -0.1) is 0 Å². The van der Waals surface area contributed by atoms with Crippen molar-refractivity contribution in [1.29, 1.82) is 0 Å². The molecule has 0 aliphatic rings. The summed E-state index contributed by atoms with van der Waals surface area (Å²) in [7, 11) is 2.01. The molecule has 0 atom stereocenters. The first-order valence-corrected chi connectivity index (χ1v) is 3.94. The Hall–Kier alpha value is -1.38. The largest absolute Gasteiger partial charge is 0.331 e. The zero-order valence-corrected chi connectivity index (χ0v) is 7.50. The van der Waals surface area contributed by atoms with E-state index in [1.165, 1.54) is 11.3 Å². The number of fused-ring (bicyclic) bond motifs is 1. The standard InChI is InChI=1S/C9H11N3/c1-6-7(2)12(3)9-8(6)10-4-5-11-9/h4-5H,1-3H3. The first kappa shape index (κ1) is 7.28. The number of aryl methyl sites for hydroxylation is 2. The lowest BCUT2D eigenvalue weighted by molar-refractivity contribution is 0.894. The predicted octanol–water partition coefficient (Wildman–Crippen LogP) is 1.59. The van der Waals surface area contributed by atoms with E-state index in [1.807, 2.05) is 7.05 Å². The average molecular weight is 161 g/mol. The molecule has 0 aliphatic carbocycles. The normalized spacial score (nSPS) is 10.9. The number of rotatable bonds is 0. The van der Waals surface area contributed by atoms with Crippen LogP contribution < -0.4 is 0 Å². The second-order valence-electron chi connectivity index (χ2n) is 3.00. The third kappa shape index (κ3) is 0.763. The SMILES string of the molecule is Cc1c(C)n(C)c2nccnc12. The van der Waals surface area contributed by atoms with Crippen LogP contribution in [0.5, 0.6) is 0 Å². The van der Waals surface area contributed by atoms with Crippen molar-refractivity contribution in [2.45, 2.75) is 13.8 Å². The van der Waals surface area contributed by atoms with Gasteiger partial charge in [0.05, 0.1) is 0 Å². The predicted molar refractivity (Wildman–Crippen MR) is 48.0 cm³/mol. The molecule has 0 unspecified atom stereocenters. The molecular formula is C9H11N3. The summed E-state index contributed by atoms with van der Waals surface area (Å²) in [5, 5.41) is 0. The number of hydrogen-bond acceptors (Lipinski definition) is 2. The molecule has 62 valence electrons. The molecule has 0 radical (unpaired) electrons. The molecule has 0 fully saturated rings. The highest BCUT2D eigenvalue weighted by molar-refractivity contribution is 5.76. The topological polar surface area (TPSA) is 30.7 Å². The van der Waals surface area contributed by atoms with Gasteiger partial charge in [-0.1, -0.05) is 0 Å². The van der Waals surface area contributed by atoms with E-state index in [1.54, 1.807) is 12.4 Å². The molecule has 2 rings (SSSR count). The Bertz CT molecular complexity index is 390. The summed E-state index contributed by atoms with van der Waals surface area (Å²) >= 11 is 0. The summed E-state index contributed by atoms with van der Waals surface area (Å²) in [6, 6.07) is 0. The van der Waals surface area contributed by atoms with Crippen molar-refractivity contribution >= 4 is 11.2 Å². The van der Waals surface area contributed by atoms with Crippen molar-refractivity contribution in [3.05, 3.63) is 23.7 Å². The molecule has 2 heterocycles. The molecule has 0 amide bonds. The van der Waals surface area contributed by atoms with Crippen molar-refractivity contribution in [2.24, 2.45) is 7.05 Å².